The molecular formula is C25H30N6O4. The van der Waals surface area contributed by atoms with Gasteiger partial charge >= 0.3 is 11.8 Å². The average molecular weight is 479 g/mol. The van der Waals surface area contributed by atoms with Crippen molar-refractivity contribution in [1.82, 2.24) is 25.0 Å². The van der Waals surface area contributed by atoms with Gasteiger partial charge in [0.05, 0.1) is 23.0 Å². The van der Waals surface area contributed by atoms with Crippen LogP contribution in [0.2, 0.25) is 0 Å². The molecule has 8 rings (SSSR count). The fraction of sp³-hybridized carbons (Fsp3) is 0.600. The Morgan fingerprint density at radius 3 is 2.71 bits per heavy atom. The van der Waals surface area contributed by atoms with Gasteiger partial charge in [0, 0.05) is 36.9 Å². The SMILES string of the molecule is O=C(c1nc(-c2cnc3[nH]ccc3c2NC2[C@@H]3CC4C[C@H]2CC(O)(C4)C3)no1)N1CCC(O)CC1. The molecular weight excluding hydrogens is 448 g/mol. The number of rotatable bonds is 4. The Morgan fingerprint density at radius 1 is 1.20 bits per heavy atom. The van der Waals surface area contributed by atoms with Crippen molar-refractivity contribution in [2.75, 3.05) is 18.4 Å². The normalized spacial score (nSPS) is 32.5. The van der Waals surface area contributed by atoms with Crippen LogP contribution in [0, 0.1) is 17.8 Å². The Morgan fingerprint density at radius 2 is 1.97 bits per heavy atom. The zero-order valence-electron chi connectivity index (χ0n) is 19.5. The minimum Gasteiger partial charge on any atom is -0.393 e. The predicted octanol–water partition coefficient (Wildman–Crippen LogP) is 2.56. The summed E-state index contributed by atoms with van der Waals surface area (Å²) in [5, 5.41) is 29.7. The summed E-state index contributed by atoms with van der Waals surface area (Å²) in [5.74, 6) is 1.45. The van der Waals surface area contributed by atoms with E-state index in [2.05, 4.69) is 25.4 Å². The maximum absolute atomic E-state index is 12.9. The van der Waals surface area contributed by atoms with E-state index in [0.29, 0.717) is 55.1 Å². The highest BCUT2D eigenvalue weighted by molar-refractivity contribution is 5.97. The monoisotopic (exact) mass is 478 g/mol. The minimum absolute atomic E-state index is 0.0478. The van der Waals surface area contributed by atoms with Gasteiger partial charge in [-0.1, -0.05) is 5.16 Å². The number of hydrogen-bond donors (Lipinski definition) is 4. The summed E-state index contributed by atoms with van der Waals surface area (Å²) in [5.41, 5.74) is 1.86. The van der Waals surface area contributed by atoms with E-state index in [1.54, 1.807) is 11.1 Å². The van der Waals surface area contributed by atoms with Crippen molar-refractivity contribution >= 4 is 22.6 Å². The molecule has 4 heterocycles. The lowest BCUT2D eigenvalue weighted by Gasteiger charge is -2.58. The molecule has 1 amide bonds. The lowest BCUT2D eigenvalue weighted by atomic mass is 9.52. The van der Waals surface area contributed by atoms with E-state index >= 15 is 0 Å². The van der Waals surface area contributed by atoms with Gasteiger partial charge in [-0.15, -0.1) is 0 Å². The fourth-order valence-corrected chi connectivity index (χ4v) is 7.34. The first-order valence-corrected chi connectivity index (χ1v) is 12.7. The molecule has 35 heavy (non-hydrogen) atoms. The van der Waals surface area contributed by atoms with Gasteiger partial charge in [0.25, 0.3) is 0 Å². The van der Waals surface area contributed by atoms with Gasteiger partial charge in [-0.25, -0.2) is 4.98 Å². The second kappa shape index (κ2) is 7.76. The molecule has 3 aromatic heterocycles. The summed E-state index contributed by atoms with van der Waals surface area (Å²) < 4.78 is 5.40. The molecule has 3 unspecified atom stereocenters. The maximum Gasteiger partial charge on any atom is 0.316 e. The summed E-state index contributed by atoms with van der Waals surface area (Å²) in [4.78, 5) is 26.7. The van der Waals surface area contributed by atoms with Crippen LogP contribution in [0.1, 0.15) is 55.6 Å². The Balaban J connectivity index is 1.21. The van der Waals surface area contributed by atoms with Crippen molar-refractivity contribution in [2.24, 2.45) is 17.8 Å². The van der Waals surface area contributed by atoms with E-state index in [1.165, 1.54) is 0 Å². The molecule has 5 fully saturated rings. The first kappa shape index (κ1) is 21.3. The maximum atomic E-state index is 12.9. The van der Waals surface area contributed by atoms with Gasteiger partial charge in [-0.3, -0.25) is 4.79 Å². The number of amides is 1. The van der Waals surface area contributed by atoms with Crippen LogP contribution in [-0.4, -0.2) is 72.0 Å². The molecule has 0 aromatic carbocycles. The Bertz CT molecular complexity index is 1260. The molecule has 10 heteroatoms. The Labute approximate surface area is 202 Å². The standard InChI is InChI=1S/C25H30N6O4/c32-16-2-5-31(6-3-16)24(33)23-29-22(30-35-23)18-12-27-21-17(1-4-26-21)20(18)28-19-14-7-13-8-15(19)11-25(34,9-13)10-14/h1,4,12-16,19,32,34H,2-3,5-11H2,(H2,26,27,28)/t13?,14-,15+,19?,25?. The van der Waals surface area contributed by atoms with Crippen LogP contribution in [0.4, 0.5) is 5.69 Å². The number of fused-ring (bicyclic) bond motifs is 1. The van der Waals surface area contributed by atoms with Crippen molar-refractivity contribution in [3.05, 3.63) is 24.4 Å². The van der Waals surface area contributed by atoms with Gasteiger partial charge in [-0.05, 0) is 68.8 Å². The van der Waals surface area contributed by atoms with E-state index in [-0.39, 0.29) is 23.9 Å². The number of piperidine rings is 1. The highest BCUT2D eigenvalue weighted by atomic mass is 16.5. The summed E-state index contributed by atoms with van der Waals surface area (Å²) >= 11 is 0. The molecule has 4 N–H and O–H groups in total. The number of nitrogens with one attached hydrogen (secondary N) is 2. The zero-order chi connectivity index (χ0) is 23.7. The summed E-state index contributed by atoms with van der Waals surface area (Å²) in [6, 6.07) is 2.25. The van der Waals surface area contributed by atoms with Crippen molar-refractivity contribution in [3.8, 4) is 11.4 Å². The van der Waals surface area contributed by atoms with Crippen molar-refractivity contribution in [1.29, 1.82) is 0 Å². The average Bonchev–Trinajstić information content (AvgIpc) is 3.50. The Hall–Kier alpha value is -2.98. The molecule has 3 aromatic rings. The molecule has 5 atom stereocenters. The molecule has 10 nitrogen and oxygen atoms in total. The van der Waals surface area contributed by atoms with Gasteiger partial charge in [0.2, 0.25) is 5.82 Å². The van der Waals surface area contributed by atoms with Crippen molar-refractivity contribution in [3.63, 3.8) is 0 Å². The number of aromatic amines is 1. The third kappa shape index (κ3) is 3.53. The lowest BCUT2D eigenvalue weighted by molar-refractivity contribution is -0.129. The quantitative estimate of drug-likeness (QED) is 0.448. The third-order valence-corrected chi connectivity index (χ3v) is 8.74. The van der Waals surface area contributed by atoms with Crippen molar-refractivity contribution < 1.29 is 19.5 Å². The van der Waals surface area contributed by atoms with Crippen LogP contribution in [0.5, 0.6) is 0 Å². The molecule has 0 radical (unpaired) electrons. The first-order chi connectivity index (χ1) is 17.0. The van der Waals surface area contributed by atoms with E-state index < -0.39 is 5.60 Å². The summed E-state index contributed by atoms with van der Waals surface area (Å²) in [7, 11) is 0. The number of carbonyl (C=O) groups excluding carboxylic acids is 1. The van der Waals surface area contributed by atoms with E-state index in [0.717, 1.165) is 48.8 Å². The minimum atomic E-state index is -0.493. The van der Waals surface area contributed by atoms with Crippen LogP contribution in [0.15, 0.2) is 23.0 Å². The molecule has 5 aliphatic rings. The lowest BCUT2D eigenvalue weighted by Crippen LogP contribution is -2.59. The molecule has 1 saturated heterocycles. The zero-order valence-corrected chi connectivity index (χ0v) is 19.5. The molecule has 184 valence electrons. The van der Waals surface area contributed by atoms with Crippen LogP contribution in [-0.2, 0) is 0 Å². The van der Waals surface area contributed by atoms with Gasteiger partial charge in [0.1, 0.15) is 5.65 Å². The number of pyridine rings is 1. The second-order valence-corrected chi connectivity index (χ2v) is 11.1. The Kier molecular flexibility index (Phi) is 4.73. The number of hydrogen-bond acceptors (Lipinski definition) is 8. The number of anilines is 1. The van der Waals surface area contributed by atoms with Crippen molar-refractivity contribution in [2.45, 2.75) is 62.7 Å². The number of H-pyrrole nitrogens is 1. The molecule has 0 spiro atoms. The number of likely N-dealkylation sites (tertiary alicyclic amines) is 1. The topological polar surface area (TPSA) is 140 Å². The van der Waals surface area contributed by atoms with Crippen LogP contribution < -0.4 is 5.32 Å². The van der Waals surface area contributed by atoms with Crippen LogP contribution in [0.3, 0.4) is 0 Å². The van der Waals surface area contributed by atoms with Gasteiger partial charge < -0.3 is 29.9 Å². The first-order valence-electron chi connectivity index (χ1n) is 12.7. The third-order valence-electron chi connectivity index (χ3n) is 8.74. The van der Waals surface area contributed by atoms with Gasteiger partial charge in [-0.2, -0.15) is 4.98 Å². The van der Waals surface area contributed by atoms with E-state index in [9.17, 15) is 15.0 Å². The highest BCUT2D eigenvalue weighted by Gasteiger charge is 2.54. The van der Waals surface area contributed by atoms with E-state index in [1.807, 2.05) is 12.3 Å². The molecule has 1 aliphatic heterocycles. The summed E-state index contributed by atoms with van der Waals surface area (Å²) in [6.45, 7) is 0.943. The van der Waals surface area contributed by atoms with E-state index in [4.69, 9.17) is 4.52 Å². The number of nitrogens with zero attached hydrogens (tertiary/aromatic N) is 4. The number of aliphatic hydroxyl groups excluding tert-OH is 1. The number of aliphatic hydroxyl groups is 2. The second-order valence-electron chi connectivity index (χ2n) is 11.1. The van der Waals surface area contributed by atoms with Crippen LogP contribution in [0.25, 0.3) is 22.4 Å². The fourth-order valence-electron chi connectivity index (χ4n) is 7.34. The molecule has 4 bridgehead atoms. The predicted molar refractivity (Wildman–Crippen MR) is 126 cm³/mol. The smallest absolute Gasteiger partial charge is 0.316 e. The highest BCUT2D eigenvalue weighted by Crippen LogP contribution is 2.56. The summed E-state index contributed by atoms with van der Waals surface area (Å²) in [6.07, 6.45) is 9.27. The van der Waals surface area contributed by atoms with Gasteiger partial charge in [0.15, 0.2) is 0 Å². The number of aromatic nitrogens is 4. The molecule has 4 saturated carbocycles. The van der Waals surface area contributed by atoms with Crippen LogP contribution >= 0.6 is 0 Å². The largest absolute Gasteiger partial charge is 0.393 e. The number of carbonyl (C=O) groups is 1. The molecule has 4 aliphatic carbocycles.